The lowest BCUT2D eigenvalue weighted by Gasteiger charge is -2.48. The lowest BCUT2D eigenvalue weighted by Crippen LogP contribution is -2.67. The fourth-order valence-corrected chi connectivity index (χ4v) is 13.5. The van der Waals surface area contributed by atoms with Gasteiger partial charge in [0.25, 0.3) is 5.56 Å². The minimum atomic E-state index is -0.588. The number of aldehydes is 1. The summed E-state index contributed by atoms with van der Waals surface area (Å²) in [4.78, 5) is 91.8. The van der Waals surface area contributed by atoms with Gasteiger partial charge in [-0.25, -0.2) is 44.5 Å². The summed E-state index contributed by atoms with van der Waals surface area (Å²) in [6, 6.07) is 25.1. The number of hydrogen-bond acceptors (Lipinski definition) is 30. The Labute approximate surface area is 757 Å². The normalized spacial score (nSPS) is 19.0. The second-order valence-electron chi connectivity index (χ2n) is 34.1. The zero-order chi connectivity index (χ0) is 90.7. The van der Waals surface area contributed by atoms with E-state index in [1.807, 2.05) is 94.6 Å². The van der Waals surface area contributed by atoms with Crippen LogP contribution >= 0.6 is 15.9 Å². The van der Waals surface area contributed by atoms with E-state index in [9.17, 15) is 24.0 Å². The number of amidine groups is 1. The lowest BCUT2D eigenvalue weighted by atomic mass is 9.91. The van der Waals surface area contributed by atoms with Crippen molar-refractivity contribution in [3.8, 4) is 40.7 Å². The molecule has 0 aromatic carbocycles. The monoisotopic (exact) mass is 1830 g/mol. The first kappa shape index (κ1) is 94.6. The molecular formula is C92H115BrN20O16. The minimum absolute atomic E-state index is 0.0231. The Bertz CT molecular complexity index is 5300. The smallest absolute Gasteiger partial charge is 0.435 e. The molecule has 5 saturated heterocycles. The van der Waals surface area contributed by atoms with E-state index >= 15 is 0 Å². The SMILES string of the molecule is Brc1ccc(C2OCCO2)cn1.C1=CC(OC2CCC2)=NC1.CC(C)(C)OC(=O)n1ccc(=O)[nH]1.CC(C)(C)OC(=O)n1ccc(OC2CCC2)n1.CC1=CC(Nc2cc(C)nc(-c3ccc(N4CC5CC(C4)N5)nc3)n2)=NC1.O=C1C=CCN1.O=Cc1ccc(-n2nccc2OC2CCC2)nc1.OC1CCC1.c1cc(OC2CCC2)n(-c2ccc(C3OCCO3)cn2)n1. The highest BCUT2D eigenvalue weighted by atomic mass is 79.9. The number of fused-ring (bicyclic) bond motifs is 2. The zero-order valence-electron chi connectivity index (χ0n) is 74.1. The first-order valence-electron chi connectivity index (χ1n) is 44.0. The van der Waals surface area contributed by atoms with Crippen LogP contribution in [0.3, 0.4) is 0 Å². The number of ether oxygens (including phenoxy) is 10. The van der Waals surface area contributed by atoms with Crippen molar-refractivity contribution >= 4 is 63.7 Å². The number of aliphatic hydroxyl groups is 1. The number of aryl methyl sites for hydroxylation is 1. The van der Waals surface area contributed by atoms with E-state index in [4.69, 9.17) is 52.5 Å². The second kappa shape index (κ2) is 46.3. The van der Waals surface area contributed by atoms with E-state index in [0.29, 0.717) is 92.3 Å². The molecule has 22 rings (SSSR count). The van der Waals surface area contributed by atoms with Gasteiger partial charge in [-0.2, -0.15) is 28.9 Å². The molecule has 9 aromatic rings. The first-order valence-corrected chi connectivity index (χ1v) is 44.8. The van der Waals surface area contributed by atoms with E-state index in [1.54, 1.807) is 85.4 Å². The Balaban J connectivity index is 0.000000128. The fourth-order valence-electron chi connectivity index (χ4n) is 13.3. The summed E-state index contributed by atoms with van der Waals surface area (Å²) in [7, 11) is 0. The van der Waals surface area contributed by atoms with Crippen LogP contribution in [-0.4, -0.2) is 223 Å². The molecule has 37 heteroatoms. The molecule has 2 bridgehead atoms. The van der Waals surface area contributed by atoms with Gasteiger partial charge >= 0.3 is 12.2 Å². The Morgan fingerprint density at radius 3 is 1.61 bits per heavy atom. The molecule has 686 valence electrons. The highest BCUT2D eigenvalue weighted by Gasteiger charge is 2.37. The Hall–Kier alpha value is -12.0. The zero-order valence-corrected chi connectivity index (χ0v) is 75.7. The van der Waals surface area contributed by atoms with Crippen LogP contribution in [-0.2, 0) is 38.0 Å². The number of piperidine rings is 1. The molecule has 36 nitrogen and oxygen atoms in total. The summed E-state index contributed by atoms with van der Waals surface area (Å²) in [5.41, 5.74) is 4.11. The van der Waals surface area contributed by atoms with Gasteiger partial charge in [-0.05, 0) is 240 Å². The predicted molar refractivity (Wildman–Crippen MR) is 484 cm³/mol. The fraction of sp³-hybridized carbons (Fsp3) is 0.478. The average Bonchev–Trinajstić information content (AvgIpc) is 1.61. The van der Waals surface area contributed by atoms with Gasteiger partial charge in [0, 0.05) is 133 Å². The molecule has 2 unspecified atom stereocenters. The number of nitrogens with one attached hydrogen (secondary N) is 4. The lowest BCUT2D eigenvalue weighted by molar-refractivity contribution is -0.115. The van der Waals surface area contributed by atoms with Crippen LogP contribution in [0, 0.1) is 6.92 Å². The van der Waals surface area contributed by atoms with Crippen molar-refractivity contribution in [3.05, 3.63) is 202 Å². The highest BCUT2D eigenvalue weighted by molar-refractivity contribution is 9.10. The van der Waals surface area contributed by atoms with Gasteiger partial charge in [0.05, 0.1) is 58.0 Å². The molecule has 17 heterocycles. The Morgan fingerprint density at radius 1 is 0.605 bits per heavy atom. The molecule has 9 aromatic heterocycles. The number of hydrogen-bond donors (Lipinski definition) is 5. The molecule has 5 saturated carbocycles. The van der Waals surface area contributed by atoms with Crippen molar-refractivity contribution in [1.29, 1.82) is 0 Å². The molecule has 10 fully saturated rings. The molecular weight excluding hydrogens is 1720 g/mol. The topological polar surface area (TPSA) is 413 Å². The Kier molecular flexibility index (Phi) is 34.0. The number of aromatic nitrogens is 14. The van der Waals surface area contributed by atoms with Gasteiger partial charge in [-0.15, -0.1) is 5.10 Å². The standard InChI is InChI=1S/C20H23N7.C15H17N3O3.C13H13N3O2.C12H18N2O3.C8H8BrNO2.C8H12N2O3.C8H11NO.C4H5NO.C4H8O/c1-12-5-17(21-8-12)25-18-6-13(2)23-20(26-18)14-3-4-19(22-9-14)27-10-15-7-16(11-27)24-15;1-2-12(3-1)21-14-6-7-17-18(14)13-5-4-11(10-16-13)15-19-8-9-20-15;17-9-10-4-5-12(14-8-10)16-13(6-7-15-16)18-11-2-1-3-11;1-12(2,3)17-11(15)14-8-7-10(13-14)16-9-5-4-6-9;9-7-2-1-6(5-10-7)8-11-3-4-12-8;1-8(2,3)13-7(12)10-5-4-6(11)9-10;1-3-7(4-1)10-8-5-2-6-9-8;6-4-2-1-3-5-4;5-4-2-1-3-4/h3-6,9,15-16,24H,7-8,10-11H2,1-2H3,(H,21,23,25,26);4-7,10,12,15H,1-3,8-9H2;4-9,11H,1-3H2;7-9H,4-6H2,1-3H3;1-2,5,8H,3-4H2;4-5H,1-3H3,(H,9,11);2,5,7H,1,3-4,6H2;1-2H,3H2,(H,5,6);4-5H,1-3H2. The molecule has 2 atom stereocenters. The minimum Gasteiger partial charge on any atom is -0.475 e. The van der Waals surface area contributed by atoms with Crippen LogP contribution in [0.1, 0.15) is 191 Å². The summed E-state index contributed by atoms with van der Waals surface area (Å²) < 4.78 is 60.9. The van der Waals surface area contributed by atoms with Gasteiger partial charge in [0.1, 0.15) is 57.7 Å². The van der Waals surface area contributed by atoms with E-state index in [1.165, 1.54) is 86.2 Å². The van der Waals surface area contributed by atoms with Gasteiger partial charge in [0.15, 0.2) is 36.3 Å². The molecule has 0 spiro atoms. The van der Waals surface area contributed by atoms with Crippen molar-refractivity contribution in [3.63, 3.8) is 0 Å². The molecule has 5 aliphatic carbocycles. The van der Waals surface area contributed by atoms with Crippen LogP contribution in [0.5, 0.6) is 17.6 Å². The van der Waals surface area contributed by atoms with Crippen LogP contribution in [0.4, 0.5) is 21.2 Å². The van der Waals surface area contributed by atoms with Crippen molar-refractivity contribution in [2.24, 2.45) is 9.98 Å². The van der Waals surface area contributed by atoms with E-state index in [2.05, 4.69) is 116 Å². The molecule has 0 radical (unpaired) electrons. The maximum absolute atomic E-state index is 11.7. The number of anilines is 2. The van der Waals surface area contributed by atoms with Crippen LogP contribution in [0.2, 0.25) is 0 Å². The maximum Gasteiger partial charge on any atom is 0.435 e. The number of pyridine rings is 4. The molecule has 5 N–H and O–H groups in total. The van der Waals surface area contributed by atoms with Crippen LogP contribution < -0.4 is 40.6 Å². The summed E-state index contributed by atoms with van der Waals surface area (Å²) in [5, 5.41) is 32.7. The maximum atomic E-state index is 11.7. The summed E-state index contributed by atoms with van der Waals surface area (Å²) >= 11 is 3.26. The molecule has 13 aliphatic rings. The third kappa shape index (κ3) is 29.8. The molecule has 8 aliphatic heterocycles. The second-order valence-corrected chi connectivity index (χ2v) is 34.9. The number of aromatic amines is 1. The highest BCUT2D eigenvalue weighted by Crippen LogP contribution is 2.33. The average molecular weight is 1840 g/mol. The van der Waals surface area contributed by atoms with Crippen molar-refractivity contribution < 1.29 is 71.7 Å². The number of piperazine rings is 1. The van der Waals surface area contributed by atoms with E-state index in [0.717, 1.165) is 151 Å². The number of H-pyrrole nitrogens is 1. The number of aliphatic imine (C=N–C) groups is 2. The van der Waals surface area contributed by atoms with Gasteiger partial charge in [-0.1, -0.05) is 12.2 Å². The van der Waals surface area contributed by atoms with Gasteiger partial charge in [-0.3, -0.25) is 24.5 Å². The van der Waals surface area contributed by atoms with Crippen LogP contribution in [0.25, 0.3) is 23.0 Å². The van der Waals surface area contributed by atoms with Gasteiger partial charge < -0.3 is 73.3 Å². The van der Waals surface area contributed by atoms with E-state index < -0.39 is 23.4 Å². The number of aliphatic hydroxyl groups excluding tert-OH is 1. The van der Waals surface area contributed by atoms with Gasteiger partial charge in [0.2, 0.25) is 29.4 Å². The number of amides is 1. The van der Waals surface area contributed by atoms with Crippen molar-refractivity contribution in [2.75, 3.05) is 69.4 Å². The number of rotatable bonds is 15. The van der Waals surface area contributed by atoms with Crippen molar-refractivity contribution in [2.45, 2.75) is 225 Å². The Morgan fingerprint density at radius 2 is 1.16 bits per heavy atom. The third-order valence-corrected chi connectivity index (χ3v) is 21.6. The molecule has 1 amide bonds. The summed E-state index contributed by atoms with van der Waals surface area (Å²) in [6.45, 7) is 21.7. The number of nitrogens with zero attached hydrogens (tertiary/aromatic N) is 16. The third-order valence-electron chi connectivity index (χ3n) is 21.2. The first-order chi connectivity index (χ1) is 62.3. The molecule has 129 heavy (non-hydrogen) atoms. The van der Waals surface area contributed by atoms with Crippen molar-refractivity contribution in [1.82, 2.24) is 79.7 Å². The predicted octanol–water partition coefficient (Wildman–Crippen LogP) is 13.6. The quantitative estimate of drug-likeness (QED) is 0.0470. The summed E-state index contributed by atoms with van der Waals surface area (Å²) in [5.74, 6) is 7.49. The number of carbonyl (C=O) groups is 4. The summed E-state index contributed by atoms with van der Waals surface area (Å²) in [6.07, 6.45) is 41.8. The number of halogens is 1. The van der Waals surface area contributed by atoms with E-state index in [-0.39, 0.29) is 36.3 Å². The largest absolute Gasteiger partial charge is 0.475 e. The number of carbonyl (C=O) groups excluding carboxylic acids is 4. The van der Waals surface area contributed by atoms with Crippen LogP contribution in [0.15, 0.2) is 184 Å².